The van der Waals surface area contributed by atoms with Crippen LogP contribution in [0.1, 0.15) is 17.4 Å². The number of amides is 3. The van der Waals surface area contributed by atoms with Gasteiger partial charge in [0, 0.05) is 37.6 Å². The number of rotatable bonds is 5. The second-order valence-corrected chi connectivity index (χ2v) is 7.64. The van der Waals surface area contributed by atoms with E-state index in [0.29, 0.717) is 37.7 Å². The molecule has 9 nitrogen and oxygen atoms in total. The zero-order valence-electron chi connectivity index (χ0n) is 17.4. The number of hydrogen-bond donors (Lipinski definition) is 1. The van der Waals surface area contributed by atoms with Crippen LogP contribution in [0, 0.1) is 0 Å². The van der Waals surface area contributed by atoms with Gasteiger partial charge in [-0.2, -0.15) is 0 Å². The van der Waals surface area contributed by atoms with Crippen LogP contribution in [0.25, 0.3) is 10.9 Å². The summed E-state index contributed by atoms with van der Waals surface area (Å²) in [6, 6.07) is 5.95. The van der Waals surface area contributed by atoms with Crippen LogP contribution in [0.2, 0.25) is 0 Å². The Morgan fingerprint density at radius 3 is 2.70 bits per heavy atom. The van der Waals surface area contributed by atoms with E-state index in [2.05, 4.69) is 4.98 Å². The Kier molecular flexibility index (Phi) is 5.38. The normalized spacial score (nSPS) is 21.9. The van der Waals surface area contributed by atoms with Gasteiger partial charge >= 0.3 is 0 Å². The molecule has 3 heterocycles. The van der Waals surface area contributed by atoms with Gasteiger partial charge in [-0.15, -0.1) is 0 Å². The number of fused-ring (bicyclic) bond motifs is 2. The van der Waals surface area contributed by atoms with E-state index in [1.165, 1.54) is 4.90 Å². The van der Waals surface area contributed by atoms with Gasteiger partial charge < -0.3 is 29.2 Å². The number of aromatic nitrogens is 1. The summed E-state index contributed by atoms with van der Waals surface area (Å²) in [5.41, 5.74) is 1.18. The number of piperazine rings is 2. The van der Waals surface area contributed by atoms with Crippen molar-refractivity contribution in [3.8, 4) is 5.75 Å². The smallest absolute Gasteiger partial charge is 0.271 e. The fourth-order valence-electron chi connectivity index (χ4n) is 4.19. The molecule has 0 bridgehead atoms. The lowest BCUT2D eigenvalue weighted by molar-refractivity contribution is -0.160. The summed E-state index contributed by atoms with van der Waals surface area (Å²) < 4.78 is 10.3. The molecular formula is C21H26N4O5. The van der Waals surface area contributed by atoms with Crippen LogP contribution in [-0.2, 0) is 14.3 Å². The number of hydrogen-bond acceptors (Lipinski definition) is 5. The van der Waals surface area contributed by atoms with Crippen LogP contribution < -0.4 is 4.74 Å². The number of aromatic amines is 1. The summed E-state index contributed by atoms with van der Waals surface area (Å²) in [6.07, 6.45) is 0. The largest absolute Gasteiger partial charge is 0.497 e. The van der Waals surface area contributed by atoms with Crippen molar-refractivity contribution in [2.75, 3.05) is 47.0 Å². The minimum absolute atomic E-state index is 0.141. The van der Waals surface area contributed by atoms with Gasteiger partial charge in [0.2, 0.25) is 11.8 Å². The lowest BCUT2D eigenvalue weighted by Gasteiger charge is -2.48. The van der Waals surface area contributed by atoms with Crippen LogP contribution in [0.3, 0.4) is 0 Å². The van der Waals surface area contributed by atoms with Crippen molar-refractivity contribution in [3.63, 3.8) is 0 Å². The van der Waals surface area contributed by atoms with Crippen molar-refractivity contribution >= 4 is 28.6 Å². The lowest BCUT2D eigenvalue weighted by Crippen LogP contribution is -2.70. The molecular weight excluding hydrogens is 388 g/mol. The molecule has 2 saturated heterocycles. The first-order valence-corrected chi connectivity index (χ1v) is 10.0. The van der Waals surface area contributed by atoms with Crippen molar-refractivity contribution in [3.05, 3.63) is 30.0 Å². The van der Waals surface area contributed by atoms with Gasteiger partial charge in [0.15, 0.2) is 0 Å². The monoisotopic (exact) mass is 414 g/mol. The number of H-pyrrole nitrogens is 1. The minimum atomic E-state index is -0.660. The summed E-state index contributed by atoms with van der Waals surface area (Å²) in [7, 11) is 3.17. The van der Waals surface area contributed by atoms with Gasteiger partial charge in [-0.3, -0.25) is 14.4 Å². The standard InChI is InChI=1S/C21H26N4O5/c1-13-19(26)24-7-6-23(8-9-29-2)21(28)18(24)12-25(13)20(27)17-11-14-10-15(30-3)4-5-16(14)22-17/h4-5,10-11,13,18,22H,6-9,12H2,1-3H3. The molecule has 0 aliphatic carbocycles. The molecule has 2 unspecified atom stereocenters. The first-order chi connectivity index (χ1) is 14.4. The minimum Gasteiger partial charge on any atom is -0.497 e. The third-order valence-electron chi connectivity index (χ3n) is 5.95. The average Bonchev–Trinajstić information content (AvgIpc) is 3.18. The van der Waals surface area contributed by atoms with Crippen LogP contribution in [0.5, 0.6) is 5.75 Å². The Labute approximate surface area is 174 Å². The van der Waals surface area contributed by atoms with E-state index >= 15 is 0 Å². The van der Waals surface area contributed by atoms with Gasteiger partial charge in [-0.1, -0.05) is 0 Å². The molecule has 30 heavy (non-hydrogen) atoms. The SMILES string of the molecule is COCCN1CCN2C(=O)C(C)N(C(=O)c3cc4cc(OC)ccc4[nH]3)CC2C1=O. The highest BCUT2D eigenvalue weighted by Gasteiger charge is 2.46. The quantitative estimate of drug-likeness (QED) is 0.778. The molecule has 1 aromatic carbocycles. The van der Waals surface area contributed by atoms with E-state index in [0.717, 1.165) is 10.9 Å². The maximum absolute atomic E-state index is 13.3. The number of benzene rings is 1. The summed E-state index contributed by atoms with van der Waals surface area (Å²) >= 11 is 0. The number of nitrogens with zero attached hydrogens (tertiary/aromatic N) is 3. The van der Waals surface area contributed by atoms with Gasteiger partial charge in [-0.25, -0.2) is 0 Å². The Morgan fingerprint density at radius 1 is 1.17 bits per heavy atom. The molecule has 9 heteroatoms. The zero-order chi connectivity index (χ0) is 21.4. The van der Waals surface area contributed by atoms with Crippen molar-refractivity contribution in [1.29, 1.82) is 0 Å². The number of nitrogens with one attached hydrogen (secondary N) is 1. The Bertz CT molecular complexity index is 987. The van der Waals surface area contributed by atoms with E-state index in [4.69, 9.17) is 9.47 Å². The van der Waals surface area contributed by atoms with Crippen molar-refractivity contribution in [1.82, 2.24) is 19.7 Å². The van der Waals surface area contributed by atoms with E-state index < -0.39 is 12.1 Å². The Balaban J connectivity index is 1.58. The highest BCUT2D eigenvalue weighted by molar-refractivity contribution is 6.02. The predicted octanol–water partition coefficient (Wildman–Crippen LogP) is 0.707. The third kappa shape index (κ3) is 3.39. The van der Waals surface area contributed by atoms with E-state index in [1.54, 1.807) is 37.0 Å². The first-order valence-electron chi connectivity index (χ1n) is 10.0. The molecule has 1 N–H and O–H groups in total. The van der Waals surface area contributed by atoms with E-state index in [1.807, 2.05) is 18.2 Å². The molecule has 4 rings (SSSR count). The predicted molar refractivity (Wildman–Crippen MR) is 109 cm³/mol. The topological polar surface area (TPSA) is 95.2 Å². The van der Waals surface area contributed by atoms with Crippen molar-refractivity contribution in [2.24, 2.45) is 0 Å². The summed E-state index contributed by atoms with van der Waals surface area (Å²) in [4.78, 5) is 47.1. The molecule has 1 aromatic heterocycles. The summed E-state index contributed by atoms with van der Waals surface area (Å²) in [5, 5.41) is 0.842. The second-order valence-electron chi connectivity index (χ2n) is 7.64. The molecule has 2 aromatic rings. The molecule has 0 saturated carbocycles. The van der Waals surface area contributed by atoms with Gasteiger partial charge in [-0.05, 0) is 31.2 Å². The highest BCUT2D eigenvalue weighted by Crippen LogP contribution is 2.26. The van der Waals surface area contributed by atoms with Gasteiger partial charge in [0.25, 0.3) is 5.91 Å². The molecule has 3 amide bonds. The van der Waals surface area contributed by atoms with E-state index in [-0.39, 0.29) is 24.3 Å². The maximum atomic E-state index is 13.3. The maximum Gasteiger partial charge on any atom is 0.271 e. The van der Waals surface area contributed by atoms with Crippen LogP contribution in [0.4, 0.5) is 0 Å². The number of ether oxygens (including phenoxy) is 2. The van der Waals surface area contributed by atoms with Crippen LogP contribution >= 0.6 is 0 Å². The molecule has 2 atom stereocenters. The number of methoxy groups -OCH3 is 2. The first kappa shape index (κ1) is 20.2. The molecule has 160 valence electrons. The molecule has 2 aliphatic heterocycles. The van der Waals surface area contributed by atoms with Crippen LogP contribution in [0.15, 0.2) is 24.3 Å². The Hall–Kier alpha value is -3.07. The highest BCUT2D eigenvalue weighted by atomic mass is 16.5. The number of carbonyl (C=O) groups is 3. The van der Waals surface area contributed by atoms with Crippen molar-refractivity contribution < 1.29 is 23.9 Å². The molecule has 0 radical (unpaired) electrons. The van der Waals surface area contributed by atoms with Crippen molar-refractivity contribution in [2.45, 2.75) is 19.0 Å². The van der Waals surface area contributed by atoms with Crippen LogP contribution in [-0.4, -0.2) is 96.5 Å². The molecule has 2 aliphatic rings. The fraction of sp³-hybridized carbons (Fsp3) is 0.476. The number of carbonyl (C=O) groups excluding carboxylic acids is 3. The Morgan fingerprint density at radius 2 is 1.97 bits per heavy atom. The fourth-order valence-corrected chi connectivity index (χ4v) is 4.19. The zero-order valence-corrected chi connectivity index (χ0v) is 17.4. The second kappa shape index (κ2) is 7.98. The van der Waals surface area contributed by atoms with E-state index in [9.17, 15) is 14.4 Å². The summed E-state index contributed by atoms with van der Waals surface area (Å²) in [5.74, 6) is 0.0592. The summed E-state index contributed by atoms with van der Waals surface area (Å²) in [6.45, 7) is 3.74. The van der Waals surface area contributed by atoms with Gasteiger partial charge in [0.05, 0.1) is 20.3 Å². The average molecular weight is 414 g/mol. The molecule has 0 spiro atoms. The lowest BCUT2D eigenvalue weighted by atomic mass is 10.0. The molecule has 2 fully saturated rings. The van der Waals surface area contributed by atoms with Gasteiger partial charge in [0.1, 0.15) is 23.5 Å². The third-order valence-corrected chi connectivity index (χ3v) is 5.95.